The fourth-order valence-electron chi connectivity index (χ4n) is 2.69. The first kappa shape index (κ1) is 18.9. The highest BCUT2D eigenvalue weighted by Gasteiger charge is 2.38. The third-order valence-corrected chi connectivity index (χ3v) is 3.94. The Kier molecular flexibility index (Phi) is 5.77. The number of nitrogens with zero attached hydrogens (tertiary/aromatic N) is 3. The lowest BCUT2D eigenvalue weighted by molar-refractivity contribution is -0.141. The number of nitrogens with two attached hydrogens (primary N) is 2. The van der Waals surface area contributed by atoms with Crippen LogP contribution < -0.4 is 16.8 Å². The number of amides is 2. The number of nitrogens with one attached hydrogen (secondary N) is 1. The SMILES string of the molecule is NC(=O)[C@H]1CCCN(CCNC(=O)c2cnc(N)nc2C(F)(F)F)C1. The smallest absolute Gasteiger partial charge is 0.369 e. The zero-order valence-electron chi connectivity index (χ0n) is 13.3. The highest BCUT2D eigenvalue weighted by molar-refractivity contribution is 5.95. The minimum Gasteiger partial charge on any atom is -0.369 e. The van der Waals surface area contributed by atoms with Crippen LogP contribution in [0.1, 0.15) is 28.9 Å². The minimum atomic E-state index is -4.81. The number of hydrogen-bond acceptors (Lipinski definition) is 6. The number of alkyl halides is 3. The van der Waals surface area contributed by atoms with Gasteiger partial charge in [-0.15, -0.1) is 0 Å². The molecule has 0 radical (unpaired) electrons. The predicted octanol–water partition coefficient (Wildman–Crippen LogP) is 0.00470. The van der Waals surface area contributed by atoms with Gasteiger partial charge in [0.15, 0.2) is 5.69 Å². The Morgan fingerprint density at radius 2 is 2.12 bits per heavy atom. The van der Waals surface area contributed by atoms with Gasteiger partial charge in [0, 0.05) is 25.8 Å². The lowest BCUT2D eigenvalue weighted by atomic mass is 9.97. The topological polar surface area (TPSA) is 127 Å². The first-order valence-electron chi connectivity index (χ1n) is 7.68. The van der Waals surface area contributed by atoms with Crippen LogP contribution in [0.4, 0.5) is 19.1 Å². The Bertz CT molecular complexity index is 652. The molecule has 1 aromatic heterocycles. The average molecular weight is 360 g/mol. The Balaban J connectivity index is 1.94. The minimum absolute atomic E-state index is 0.117. The summed E-state index contributed by atoms with van der Waals surface area (Å²) in [7, 11) is 0. The largest absolute Gasteiger partial charge is 0.434 e. The van der Waals surface area contributed by atoms with Crippen molar-refractivity contribution in [1.82, 2.24) is 20.2 Å². The molecule has 25 heavy (non-hydrogen) atoms. The van der Waals surface area contributed by atoms with E-state index in [1.807, 2.05) is 4.90 Å². The first-order valence-corrected chi connectivity index (χ1v) is 7.68. The first-order chi connectivity index (χ1) is 11.7. The number of primary amides is 1. The second-order valence-corrected chi connectivity index (χ2v) is 5.79. The van der Waals surface area contributed by atoms with Crippen molar-refractivity contribution in [3.63, 3.8) is 0 Å². The van der Waals surface area contributed by atoms with Gasteiger partial charge in [-0.1, -0.05) is 0 Å². The van der Waals surface area contributed by atoms with E-state index in [1.165, 1.54) is 0 Å². The van der Waals surface area contributed by atoms with Crippen molar-refractivity contribution in [1.29, 1.82) is 0 Å². The number of carbonyl (C=O) groups is 2. The quantitative estimate of drug-likeness (QED) is 0.678. The summed E-state index contributed by atoms with van der Waals surface area (Å²) in [5, 5.41) is 2.40. The summed E-state index contributed by atoms with van der Waals surface area (Å²) >= 11 is 0. The van der Waals surface area contributed by atoms with Crippen molar-refractivity contribution in [2.24, 2.45) is 11.7 Å². The summed E-state index contributed by atoms with van der Waals surface area (Å²) in [6.45, 7) is 1.72. The Morgan fingerprint density at radius 3 is 2.76 bits per heavy atom. The van der Waals surface area contributed by atoms with Crippen LogP contribution in [0.25, 0.3) is 0 Å². The van der Waals surface area contributed by atoms with E-state index in [0.29, 0.717) is 13.1 Å². The standard InChI is InChI=1S/C14H19F3N6O2/c15-14(16,17)10-9(6-21-13(19)22-10)12(25)20-3-5-23-4-1-2-8(7-23)11(18)24/h6,8H,1-5,7H2,(H2,18,24)(H,20,25)(H2,19,21,22)/t8-/m0/s1. The average Bonchev–Trinajstić information content (AvgIpc) is 2.54. The molecule has 0 spiro atoms. The highest BCUT2D eigenvalue weighted by atomic mass is 19.4. The monoisotopic (exact) mass is 360 g/mol. The van der Waals surface area contributed by atoms with Crippen molar-refractivity contribution in [3.8, 4) is 0 Å². The number of nitrogen functional groups attached to an aromatic ring is 1. The molecule has 0 unspecified atom stereocenters. The third kappa shape index (κ3) is 5.02. The Hall–Kier alpha value is -2.43. The predicted molar refractivity (Wildman–Crippen MR) is 82.1 cm³/mol. The van der Waals surface area contributed by atoms with Gasteiger partial charge in [-0.25, -0.2) is 9.97 Å². The third-order valence-electron chi connectivity index (χ3n) is 3.94. The maximum atomic E-state index is 12.9. The molecule has 1 atom stereocenters. The molecule has 0 aromatic carbocycles. The number of aromatic nitrogens is 2. The van der Waals surface area contributed by atoms with E-state index in [0.717, 1.165) is 25.6 Å². The molecule has 11 heteroatoms. The molecule has 2 rings (SSSR count). The van der Waals surface area contributed by atoms with Gasteiger partial charge in [-0.2, -0.15) is 13.2 Å². The molecule has 2 heterocycles. The molecule has 2 amide bonds. The fraction of sp³-hybridized carbons (Fsp3) is 0.571. The van der Waals surface area contributed by atoms with Gasteiger partial charge >= 0.3 is 6.18 Å². The lowest BCUT2D eigenvalue weighted by Gasteiger charge is -2.31. The molecular formula is C14H19F3N6O2. The Morgan fingerprint density at radius 1 is 1.40 bits per heavy atom. The van der Waals surface area contributed by atoms with Gasteiger partial charge in [0.25, 0.3) is 5.91 Å². The lowest BCUT2D eigenvalue weighted by Crippen LogP contribution is -2.44. The molecule has 0 aliphatic carbocycles. The highest BCUT2D eigenvalue weighted by Crippen LogP contribution is 2.30. The van der Waals surface area contributed by atoms with E-state index in [1.54, 1.807) is 0 Å². The molecule has 1 aromatic rings. The number of likely N-dealkylation sites (tertiary alicyclic amines) is 1. The van der Waals surface area contributed by atoms with E-state index >= 15 is 0 Å². The van der Waals surface area contributed by atoms with Crippen LogP contribution in [0.15, 0.2) is 6.20 Å². The summed E-state index contributed by atoms with van der Waals surface area (Å²) in [5.41, 5.74) is 8.39. The maximum absolute atomic E-state index is 12.9. The molecule has 1 aliphatic heterocycles. The summed E-state index contributed by atoms with van der Waals surface area (Å²) in [6, 6.07) is 0. The van der Waals surface area contributed by atoms with E-state index in [4.69, 9.17) is 11.5 Å². The number of hydrogen-bond donors (Lipinski definition) is 3. The van der Waals surface area contributed by atoms with Gasteiger partial charge in [-0.05, 0) is 19.4 Å². The summed E-state index contributed by atoms with van der Waals surface area (Å²) < 4.78 is 38.8. The molecule has 0 saturated carbocycles. The van der Waals surface area contributed by atoms with Crippen LogP contribution in [0.2, 0.25) is 0 Å². The number of piperidine rings is 1. The maximum Gasteiger partial charge on any atom is 0.434 e. The van der Waals surface area contributed by atoms with Crippen molar-refractivity contribution in [3.05, 3.63) is 17.5 Å². The van der Waals surface area contributed by atoms with Crippen LogP contribution in [0.3, 0.4) is 0 Å². The van der Waals surface area contributed by atoms with Crippen molar-refractivity contribution in [2.75, 3.05) is 31.9 Å². The molecular weight excluding hydrogens is 341 g/mol. The second-order valence-electron chi connectivity index (χ2n) is 5.79. The molecule has 1 saturated heterocycles. The van der Waals surface area contributed by atoms with Crippen LogP contribution in [0, 0.1) is 5.92 Å². The van der Waals surface area contributed by atoms with E-state index in [9.17, 15) is 22.8 Å². The number of rotatable bonds is 5. The number of anilines is 1. The van der Waals surface area contributed by atoms with Crippen LogP contribution in [0.5, 0.6) is 0 Å². The molecule has 1 aliphatic rings. The normalized spacial score (nSPS) is 18.8. The zero-order valence-corrected chi connectivity index (χ0v) is 13.3. The van der Waals surface area contributed by atoms with Gasteiger partial charge in [0.2, 0.25) is 11.9 Å². The van der Waals surface area contributed by atoms with Crippen LogP contribution >= 0.6 is 0 Å². The summed E-state index contributed by atoms with van der Waals surface area (Å²) in [4.78, 5) is 31.7. The van der Waals surface area contributed by atoms with E-state index in [-0.39, 0.29) is 18.4 Å². The number of halogens is 3. The Labute approximate surface area is 141 Å². The van der Waals surface area contributed by atoms with Gasteiger partial charge in [0.1, 0.15) is 0 Å². The van der Waals surface area contributed by atoms with Crippen molar-refractivity contribution < 1.29 is 22.8 Å². The molecule has 138 valence electrons. The molecule has 0 bridgehead atoms. The van der Waals surface area contributed by atoms with Gasteiger partial charge < -0.3 is 21.7 Å². The van der Waals surface area contributed by atoms with Gasteiger partial charge in [-0.3, -0.25) is 9.59 Å². The van der Waals surface area contributed by atoms with E-state index < -0.39 is 29.3 Å². The van der Waals surface area contributed by atoms with Crippen molar-refractivity contribution >= 4 is 17.8 Å². The van der Waals surface area contributed by atoms with Crippen LogP contribution in [-0.4, -0.2) is 52.9 Å². The molecule has 5 N–H and O–H groups in total. The summed E-state index contributed by atoms with van der Waals surface area (Å²) in [6.07, 6.45) is -2.54. The van der Waals surface area contributed by atoms with Crippen molar-refractivity contribution in [2.45, 2.75) is 19.0 Å². The number of carbonyl (C=O) groups excluding carboxylic acids is 2. The van der Waals surface area contributed by atoms with Crippen LogP contribution in [-0.2, 0) is 11.0 Å². The van der Waals surface area contributed by atoms with Gasteiger partial charge in [0.05, 0.1) is 11.5 Å². The summed E-state index contributed by atoms with van der Waals surface area (Å²) in [5.74, 6) is -2.11. The van der Waals surface area contributed by atoms with E-state index in [2.05, 4.69) is 15.3 Å². The molecule has 8 nitrogen and oxygen atoms in total. The second kappa shape index (κ2) is 7.64. The molecule has 1 fully saturated rings. The zero-order chi connectivity index (χ0) is 18.6. The fourth-order valence-corrected chi connectivity index (χ4v) is 2.69.